The van der Waals surface area contributed by atoms with Crippen LogP contribution in [-0.4, -0.2) is 11.1 Å². The van der Waals surface area contributed by atoms with Gasteiger partial charge in [-0.2, -0.15) is 0 Å². The fourth-order valence-electron chi connectivity index (χ4n) is 1.55. The number of halogens is 2. The number of hydrogen-bond acceptors (Lipinski definition) is 2. The third-order valence-corrected chi connectivity index (χ3v) is 3.25. The maximum Gasteiger partial charge on any atom is 0.349 e. The molecular weight excluding hydrogens is 332 g/mol. The van der Waals surface area contributed by atoms with Crippen LogP contribution in [0.25, 0.3) is 0 Å². The number of rotatable bonds is 4. The molecule has 2 rings (SSSR count). The second-order valence-electron chi connectivity index (χ2n) is 3.84. The van der Waals surface area contributed by atoms with Gasteiger partial charge in [-0.25, -0.2) is 4.79 Å². The zero-order valence-electron chi connectivity index (χ0n) is 9.72. The lowest BCUT2D eigenvalue weighted by molar-refractivity contribution is -0.145. The van der Waals surface area contributed by atoms with Crippen LogP contribution in [0.1, 0.15) is 11.7 Å². The summed E-state index contributed by atoms with van der Waals surface area (Å²) in [5.74, 6) is -0.559. The van der Waals surface area contributed by atoms with Crippen molar-refractivity contribution < 1.29 is 14.6 Å². The van der Waals surface area contributed by atoms with Gasteiger partial charge in [0.15, 0.2) is 0 Å². The Hall–Kier alpha value is -1.52. The normalized spacial score (nSPS) is 11.9. The minimum absolute atomic E-state index is 0.491. The first-order valence-electron chi connectivity index (χ1n) is 5.47. The molecule has 0 saturated heterocycles. The van der Waals surface area contributed by atoms with Crippen molar-refractivity contribution in [3.8, 4) is 5.75 Å². The van der Waals surface area contributed by atoms with Gasteiger partial charge in [0.2, 0.25) is 6.10 Å². The number of aliphatic carboxylic acids is 1. The Balaban J connectivity index is 2.23. The van der Waals surface area contributed by atoms with E-state index in [4.69, 9.17) is 16.3 Å². The average molecular weight is 342 g/mol. The molecule has 0 amide bonds. The van der Waals surface area contributed by atoms with E-state index in [1.54, 1.807) is 48.5 Å². The maximum atomic E-state index is 11.3. The largest absolute Gasteiger partial charge is 0.478 e. The third kappa shape index (κ3) is 3.72. The molecule has 0 spiro atoms. The third-order valence-electron chi connectivity index (χ3n) is 2.46. The van der Waals surface area contributed by atoms with Crippen LogP contribution in [0.15, 0.2) is 53.0 Å². The average Bonchev–Trinajstić information content (AvgIpc) is 2.39. The highest BCUT2D eigenvalue weighted by atomic mass is 79.9. The van der Waals surface area contributed by atoms with Gasteiger partial charge in [-0.1, -0.05) is 39.7 Å². The Morgan fingerprint density at radius 2 is 1.68 bits per heavy atom. The van der Waals surface area contributed by atoms with Crippen molar-refractivity contribution >= 4 is 33.5 Å². The van der Waals surface area contributed by atoms with Crippen LogP contribution in [0.3, 0.4) is 0 Å². The van der Waals surface area contributed by atoms with Crippen LogP contribution >= 0.6 is 27.5 Å². The van der Waals surface area contributed by atoms with Crippen molar-refractivity contribution in [3.05, 3.63) is 63.6 Å². The molecule has 0 fully saturated rings. The Kier molecular flexibility index (Phi) is 4.45. The van der Waals surface area contributed by atoms with Crippen LogP contribution in [-0.2, 0) is 4.79 Å². The molecule has 0 aliphatic heterocycles. The molecule has 0 aliphatic rings. The second-order valence-corrected chi connectivity index (χ2v) is 5.19. The molecule has 0 saturated carbocycles. The van der Waals surface area contributed by atoms with Gasteiger partial charge in [0.1, 0.15) is 5.75 Å². The van der Waals surface area contributed by atoms with Gasteiger partial charge in [-0.15, -0.1) is 0 Å². The van der Waals surface area contributed by atoms with Gasteiger partial charge < -0.3 is 9.84 Å². The summed E-state index contributed by atoms with van der Waals surface area (Å²) in [5, 5.41) is 9.80. The Bertz CT molecular complexity index is 566. The van der Waals surface area contributed by atoms with Crippen molar-refractivity contribution in [2.75, 3.05) is 0 Å². The van der Waals surface area contributed by atoms with E-state index in [9.17, 15) is 9.90 Å². The summed E-state index contributed by atoms with van der Waals surface area (Å²) in [6, 6.07) is 13.5. The van der Waals surface area contributed by atoms with Crippen molar-refractivity contribution in [3.63, 3.8) is 0 Å². The SMILES string of the molecule is O=C(O)[C@H](Oc1ccc(Br)cc1)c1ccc(Cl)cc1. The van der Waals surface area contributed by atoms with Crippen LogP contribution in [0.5, 0.6) is 5.75 Å². The summed E-state index contributed by atoms with van der Waals surface area (Å²) in [7, 11) is 0. The number of hydrogen-bond donors (Lipinski definition) is 1. The fourth-order valence-corrected chi connectivity index (χ4v) is 1.94. The fraction of sp³-hybridized carbons (Fsp3) is 0.0714. The van der Waals surface area contributed by atoms with Crippen LogP contribution < -0.4 is 4.74 Å². The van der Waals surface area contributed by atoms with E-state index in [-0.39, 0.29) is 0 Å². The highest BCUT2D eigenvalue weighted by Crippen LogP contribution is 2.25. The molecule has 1 atom stereocenters. The summed E-state index contributed by atoms with van der Waals surface area (Å²) < 4.78 is 6.39. The van der Waals surface area contributed by atoms with E-state index in [1.807, 2.05) is 0 Å². The quantitative estimate of drug-likeness (QED) is 0.901. The molecule has 98 valence electrons. The number of benzene rings is 2. The van der Waals surface area contributed by atoms with Crippen LogP contribution in [0.4, 0.5) is 0 Å². The van der Waals surface area contributed by atoms with E-state index in [0.717, 1.165) is 4.47 Å². The predicted octanol–water partition coefficient (Wildman–Crippen LogP) is 4.31. The first kappa shape index (κ1) is 13.9. The molecule has 0 heterocycles. The molecule has 2 aromatic carbocycles. The molecule has 0 aliphatic carbocycles. The van der Waals surface area contributed by atoms with Gasteiger partial charge in [0.05, 0.1) is 0 Å². The lowest BCUT2D eigenvalue weighted by Crippen LogP contribution is -2.18. The molecule has 0 radical (unpaired) electrons. The first-order valence-corrected chi connectivity index (χ1v) is 6.64. The topological polar surface area (TPSA) is 46.5 Å². The van der Waals surface area contributed by atoms with Gasteiger partial charge in [-0.05, 0) is 36.4 Å². The zero-order valence-corrected chi connectivity index (χ0v) is 12.1. The monoisotopic (exact) mass is 340 g/mol. The van der Waals surface area contributed by atoms with E-state index >= 15 is 0 Å². The van der Waals surface area contributed by atoms with E-state index in [0.29, 0.717) is 16.3 Å². The molecule has 3 nitrogen and oxygen atoms in total. The molecule has 19 heavy (non-hydrogen) atoms. The van der Waals surface area contributed by atoms with Gasteiger partial charge >= 0.3 is 5.97 Å². The molecule has 1 N–H and O–H groups in total. The summed E-state index contributed by atoms with van der Waals surface area (Å²) in [5.41, 5.74) is 0.541. The highest BCUT2D eigenvalue weighted by molar-refractivity contribution is 9.10. The Labute approximate surface area is 123 Å². The number of carboxylic acids is 1. The molecule has 0 aromatic heterocycles. The maximum absolute atomic E-state index is 11.3. The van der Waals surface area contributed by atoms with Crippen molar-refractivity contribution in [2.45, 2.75) is 6.10 Å². The minimum Gasteiger partial charge on any atom is -0.478 e. The Morgan fingerprint density at radius 3 is 2.21 bits per heavy atom. The minimum atomic E-state index is -1.06. The first-order chi connectivity index (χ1) is 9.06. The lowest BCUT2D eigenvalue weighted by Gasteiger charge is -2.15. The number of ether oxygens (including phenoxy) is 1. The summed E-state index contributed by atoms with van der Waals surface area (Å²) in [4.78, 5) is 11.3. The zero-order chi connectivity index (χ0) is 13.8. The number of carboxylic acid groups (broad SMARTS) is 1. The smallest absolute Gasteiger partial charge is 0.349 e. The van der Waals surface area contributed by atoms with Crippen molar-refractivity contribution in [2.24, 2.45) is 0 Å². The second kappa shape index (κ2) is 6.08. The van der Waals surface area contributed by atoms with Gasteiger partial charge in [0.25, 0.3) is 0 Å². The van der Waals surface area contributed by atoms with Crippen LogP contribution in [0.2, 0.25) is 5.02 Å². The van der Waals surface area contributed by atoms with E-state index < -0.39 is 12.1 Å². The summed E-state index contributed by atoms with van der Waals surface area (Å²) >= 11 is 9.09. The standard InChI is InChI=1S/C14H10BrClO3/c15-10-3-7-12(8-4-10)19-13(14(17)18)9-1-5-11(16)6-2-9/h1-8,13H,(H,17,18)/t13-/m1/s1. The van der Waals surface area contributed by atoms with E-state index in [2.05, 4.69) is 15.9 Å². The van der Waals surface area contributed by atoms with Gasteiger partial charge in [0, 0.05) is 15.1 Å². The van der Waals surface area contributed by atoms with Crippen LogP contribution in [0, 0.1) is 0 Å². The lowest BCUT2D eigenvalue weighted by atomic mass is 10.1. The molecule has 2 aromatic rings. The number of carbonyl (C=O) groups is 1. The Morgan fingerprint density at radius 1 is 1.11 bits per heavy atom. The summed E-state index contributed by atoms with van der Waals surface area (Å²) in [6.07, 6.45) is -1.06. The highest BCUT2D eigenvalue weighted by Gasteiger charge is 2.21. The molecular formula is C14H10BrClO3. The molecule has 5 heteroatoms. The van der Waals surface area contributed by atoms with Crippen molar-refractivity contribution in [1.29, 1.82) is 0 Å². The van der Waals surface area contributed by atoms with E-state index in [1.165, 1.54) is 0 Å². The van der Waals surface area contributed by atoms with Gasteiger partial charge in [-0.3, -0.25) is 0 Å². The molecule has 0 unspecified atom stereocenters. The van der Waals surface area contributed by atoms with Crippen molar-refractivity contribution in [1.82, 2.24) is 0 Å². The summed E-state index contributed by atoms with van der Waals surface area (Å²) in [6.45, 7) is 0. The predicted molar refractivity (Wildman–Crippen MR) is 76.6 cm³/mol. The molecule has 0 bridgehead atoms.